The third kappa shape index (κ3) is 2.81. The van der Waals surface area contributed by atoms with E-state index in [0.29, 0.717) is 43.9 Å². The number of carbonyl (C=O) groups is 1. The van der Waals surface area contributed by atoms with E-state index >= 15 is 0 Å². The van der Waals surface area contributed by atoms with Gasteiger partial charge in [0.25, 0.3) is 5.56 Å². The monoisotopic (exact) mass is 288 g/mol. The summed E-state index contributed by atoms with van der Waals surface area (Å²) in [5.41, 5.74) is 0.937. The Labute approximate surface area is 121 Å². The molecule has 2 N–H and O–H groups in total. The van der Waals surface area contributed by atoms with Crippen LogP contribution in [0, 0.1) is 0 Å². The van der Waals surface area contributed by atoms with Gasteiger partial charge in [0.2, 0.25) is 0 Å². The maximum atomic E-state index is 12.0. The number of nitrogens with one attached hydrogen (secondary N) is 2. The largest absolute Gasteiger partial charge is 0.381 e. The second-order valence-corrected chi connectivity index (χ2v) is 4.85. The van der Waals surface area contributed by atoms with Crippen LogP contribution in [0.1, 0.15) is 10.4 Å². The number of ether oxygens (including phenoxy) is 2. The molecular formula is C15H16N2O4. The van der Waals surface area contributed by atoms with Crippen molar-refractivity contribution in [2.75, 3.05) is 31.7 Å². The maximum Gasteiger partial charge on any atom is 0.261 e. The highest BCUT2D eigenvalue weighted by Gasteiger charge is 2.17. The fourth-order valence-corrected chi connectivity index (χ4v) is 2.43. The molecule has 0 bridgehead atoms. The quantitative estimate of drug-likeness (QED) is 0.825. The highest BCUT2D eigenvalue weighted by atomic mass is 16.6. The van der Waals surface area contributed by atoms with Gasteiger partial charge in [-0.1, -0.05) is 18.2 Å². The van der Waals surface area contributed by atoms with E-state index in [1.165, 1.54) is 0 Å². The molecule has 3 rings (SSSR count). The molecule has 1 atom stereocenters. The first-order valence-electron chi connectivity index (χ1n) is 6.83. The molecule has 6 nitrogen and oxygen atoms in total. The molecule has 1 aromatic heterocycles. The summed E-state index contributed by atoms with van der Waals surface area (Å²) in [5, 5.41) is 3.96. The molecule has 6 heteroatoms. The number of anilines is 1. The van der Waals surface area contributed by atoms with Crippen molar-refractivity contribution in [3.05, 3.63) is 40.2 Å². The van der Waals surface area contributed by atoms with E-state index in [1.807, 2.05) is 18.2 Å². The van der Waals surface area contributed by atoms with E-state index < -0.39 is 5.56 Å². The van der Waals surface area contributed by atoms with Crippen molar-refractivity contribution >= 4 is 22.9 Å². The third-order valence-corrected chi connectivity index (χ3v) is 3.47. The molecule has 1 unspecified atom stereocenters. The molecule has 1 aliphatic rings. The lowest BCUT2D eigenvalue weighted by molar-refractivity contribution is -0.0818. The minimum atomic E-state index is -0.396. The van der Waals surface area contributed by atoms with Crippen LogP contribution >= 0.6 is 0 Å². The van der Waals surface area contributed by atoms with E-state index in [9.17, 15) is 9.59 Å². The molecule has 2 heterocycles. The lowest BCUT2D eigenvalue weighted by Gasteiger charge is -2.24. The molecule has 1 saturated heterocycles. The highest BCUT2D eigenvalue weighted by Crippen LogP contribution is 2.22. The maximum absolute atomic E-state index is 12.0. The SMILES string of the molecule is O=Cc1c(NCC2COCCO2)c2ccccc2[nH]c1=O. The number of para-hydroxylation sites is 1. The molecule has 0 amide bonds. The second kappa shape index (κ2) is 6.07. The Hall–Kier alpha value is -2.18. The number of rotatable bonds is 4. The van der Waals surface area contributed by atoms with Crippen LogP contribution in [-0.2, 0) is 9.47 Å². The highest BCUT2D eigenvalue weighted by molar-refractivity contribution is 5.99. The number of hydrogen-bond donors (Lipinski definition) is 2. The second-order valence-electron chi connectivity index (χ2n) is 4.85. The molecule has 2 aromatic rings. The van der Waals surface area contributed by atoms with Gasteiger partial charge >= 0.3 is 0 Å². The summed E-state index contributed by atoms with van der Waals surface area (Å²) in [4.78, 5) is 25.9. The van der Waals surface area contributed by atoms with E-state index in [0.717, 1.165) is 5.39 Å². The Morgan fingerprint density at radius 1 is 1.33 bits per heavy atom. The summed E-state index contributed by atoms with van der Waals surface area (Å²) in [6.45, 7) is 2.14. The first-order chi connectivity index (χ1) is 10.3. The van der Waals surface area contributed by atoms with E-state index in [4.69, 9.17) is 9.47 Å². The number of carbonyl (C=O) groups excluding carboxylic acids is 1. The smallest absolute Gasteiger partial charge is 0.261 e. The van der Waals surface area contributed by atoms with Gasteiger partial charge in [-0.25, -0.2) is 0 Å². The molecule has 0 aliphatic carbocycles. The fraction of sp³-hybridized carbons (Fsp3) is 0.333. The average molecular weight is 288 g/mol. The van der Waals surface area contributed by atoms with Crippen molar-refractivity contribution in [2.24, 2.45) is 0 Å². The lowest BCUT2D eigenvalue weighted by Crippen LogP contribution is -2.34. The Morgan fingerprint density at radius 2 is 2.19 bits per heavy atom. The Kier molecular flexibility index (Phi) is 3.98. The fourth-order valence-electron chi connectivity index (χ4n) is 2.43. The summed E-state index contributed by atoms with van der Waals surface area (Å²) >= 11 is 0. The van der Waals surface area contributed by atoms with Crippen LogP contribution in [0.5, 0.6) is 0 Å². The first kappa shape index (κ1) is 13.8. The van der Waals surface area contributed by atoms with Crippen LogP contribution in [0.2, 0.25) is 0 Å². The molecule has 21 heavy (non-hydrogen) atoms. The summed E-state index contributed by atoms with van der Waals surface area (Å²) < 4.78 is 10.9. The van der Waals surface area contributed by atoms with Crippen LogP contribution < -0.4 is 10.9 Å². The van der Waals surface area contributed by atoms with Gasteiger partial charge in [0, 0.05) is 11.9 Å². The first-order valence-corrected chi connectivity index (χ1v) is 6.83. The number of aromatic nitrogens is 1. The predicted molar refractivity (Wildman–Crippen MR) is 79.0 cm³/mol. The minimum Gasteiger partial charge on any atom is -0.381 e. The van der Waals surface area contributed by atoms with Gasteiger partial charge in [0.15, 0.2) is 6.29 Å². The van der Waals surface area contributed by atoms with Crippen molar-refractivity contribution in [3.63, 3.8) is 0 Å². The molecule has 0 radical (unpaired) electrons. The van der Waals surface area contributed by atoms with Gasteiger partial charge in [0.05, 0.1) is 37.1 Å². The summed E-state index contributed by atoms with van der Waals surface area (Å²) in [6, 6.07) is 7.36. The van der Waals surface area contributed by atoms with E-state index in [1.54, 1.807) is 6.07 Å². The summed E-state index contributed by atoms with van der Waals surface area (Å²) in [5.74, 6) is 0. The molecule has 1 aromatic carbocycles. The Morgan fingerprint density at radius 3 is 2.95 bits per heavy atom. The molecule has 110 valence electrons. The lowest BCUT2D eigenvalue weighted by atomic mass is 10.1. The number of fused-ring (bicyclic) bond motifs is 1. The van der Waals surface area contributed by atoms with Gasteiger partial charge in [-0.15, -0.1) is 0 Å². The van der Waals surface area contributed by atoms with E-state index in [-0.39, 0.29) is 11.7 Å². The van der Waals surface area contributed by atoms with Gasteiger partial charge in [0.1, 0.15) is 5.56 Å². The number of benzene rings is 1. The number of pyridine rings is 1. The van der Waals surface area contributed by atoms with Gasteiger partial charge in [-0.3, -0.25) is 9.59 Å². The number of aromatic amines is 1. The van der Waals surface area contributed by atoms with Crippen molar-refractivity contribution in [1.29, 1.82) is 0 Å². The third-order valence-electron chi connectivity index (χ3n) is 3.47. The van der Waals surface area contributed by atoms with Crippen molar-refractivity contribution < 1.29 is 14.3 Å². The zero-order valence-electron chi connectivity index (χ0n) is 11.4. The van der Waals surface area contributed by atoms with Crippen LogP contribution in [0.15, 0.2) is 29.1 Å². The Balaban J connectivity index is 1.95. The number of aldehydes is 1. The van der Waals surface area contributed by atoms with Crippen molar-refractivity contribution in [1.82, 2.24) is 4.98 Å². The van der Waals surface area contributed by atoms with Gasteiger partial charge in [-0.05, 0) is 6.07 Å². The zero-order chi connectivity index (χ0) is 14.7. The molecule has 0 saturated carbocycles. The summed E-state index contributed by atoms with van der Waals surface area (Å²) in [6.07, 6.45) is 0.488. The standard InChI is InChI=1S/C15H16N2O4/c18-8-12-14(16-7-10-9-20-5-6-21-10)11-3-1-2-4-13(11)17-15(12)19/h1-4,8,10H,5-7,9H2,(H2,16,17,19). The normalized spacial score (nSPS) is 18.6. The van der Waals surface area contributed by atoms with Crippen LogP contribution in [0.3, 0.4) is 0 Å². The van der Waals surface area contributed by atoms with Crippen LogP contribution in [0.25, 0.3) is 10.9 Å². The van der Waals surface area contributed by atoms with Gasteiger partial charge in [-0.2, -0.15) is 0 Å². The predicted octanol–water partition coefficient (Wildman–Crippen LogP) is 1.17. The summed E-state index contributed by atoms with van der Waals surface area (Å²) in [7, 11) is 0. The average Bonchev–Trinajstić information content (AvgIpc) is 2.53. The van der Waals surface area contributed by atoms with Crippen molar-refractivity contribution in [3.8, 4) is 0 Å². The van der Waals surface area contributed by atoms with Crippen molar-refractivity contribution in [2.45, 2.75) is 6.10 Å². The van der Waals surface area contributed by atoms with Gasteiger partial charge < -0.3 is 19.8 Å². The molecular weight excluding hydrogens is 272 g/mol. The minimum absolute atomic E-state index is 0.0868. The van der Waals surface area contributed by atoms with E-state index in [2.05, 4.69) is 10.3 Å². The molecule has 0 spiro atoms. The number of hydrogen-bond acceptors (Lipinski definition) is 5. The molecule has 1 aliphatic heterocycles. The number of H-pyrrole nitrogens is 1. The van der Waals surface area contributed by atoms with Crippen LogP contribution in [0.4, 0.5) is 5.69 Å². The Bertz CT molecular complexity index is 704. The zero-order valence-corrected chi connectivity index (χ0v) is 11.4. The molecule has 1 fully saturated rings. The van der Waals surface area contributed by atoms with Crippen LogP contribution in [-0.4, -0.2) is 43.7 Å². The topological polar surface area (TPSA) is 80.4 Å².